The van der Waals surface area contributed by atoms with Crippen molar-refractivity contribution in [3.05, 3.63) is 0 Å². The van der Waals surface area contributed by atoms with Crippen molar-refractivity contribution in [2.75, 3.05) is 6.54 Å². The second-order valence-electron chi connectivity index (χ2n) is 7.24. The number of alkyl halides is 3. The third-order valence-corrected chi connectivity index (χ3v) is 4.03. The predicted octanol–water partition coefficient (Wildman–Crippen LogP) is 3.09. The third kappa shape index (κ3) is 2.99. The molecule has 5 heteroatoms. The van der Waals surface area contributed by atoms with Gasteiger partial charge in [0.1, 0.15) is 0 Å². The van der Waals surface area contributed by atoms with Crippen LogP contribution in [0, 0.1) is 16.7 Å². The Morgan fingerprint density at radius 1 is 1.11 bits per heavy atom. The van der Waals surface area contributed by atoms with Crippen LogP contribution in [0.4, 0.5) is 13.2 Å². The summed E-state index contributed by atoms with van der Waals surface area (Å²) in [4.78, 5) is 0. The summed E-state index contributed by atoms with van der Waals surface area (Å²) in [6.45, 7) is 7.04. The maximum atomic E-state index is 13.1. The van der Waals surface area contributed by atoms with Gasteiger partial charge in [-0.1, -0.05) is 27.7 Å². The molecule has 0 aromatic carbocycles. The van der Waals surface area contributed by atoms with E-state index in [1.165, 1.54) is 0 Å². The Bertz CT molecular complexity index is 296. The summed E-state index contributed by atoms with van der Waals surface area (Å²) < 4.78 is 39.2. The van der Waals surface area contributed by atoms with E-state index >= 15 is 0 Å². The van der Waals surface area contributed by atoms with Crippen LogP contribution in [0.2, 0.25) is 0 Å². The Kier molecular flexibility index (Phi) is 3.83. The van der Waals surface area contributed by atoms with E-state index in [4.69, 9.17) is 5.73 Å². The molecule has 0 aromatic rings. The average Bonchev–Trinajstić information content (AvgIpc) is 2.09. The van der Waals surface area contributed by atoms with Crippen molar-refractivity contribution in [3.8, 4) is 0 Å². The first kappa shape index (κ1) is 15.8. The quantitative estimate of drug-likeness (QED) is 0.807. The first-order valence-electron chi connectivity index (χ1n) is 6.32. The van der Waals surface area contributed by atoms with E-state index in [-0.39, 0.29) is 10.8 Å². The van der Waals surface area contributed by atoms with Crippen molar-refractivity contribution < 1.29 is 18.3 Å². The summed E-state index contributed by atoms with van der Waals surface area (Å²) in [6, 6.07) is 0. The zero-order valence-electron chi connectivity index (χ0n) is 11.6. The second-order valence-corrected chi connectivity index (χ2v) is 7.24. The molecule has 18 heavy (non-hydrogen) atoms. The van der Waals surface area contributed by atoms with E-state index in [2.05, 4.69) is 0 Å². The Hall–Kier alpha value is -0.290. The van der Waals surface area contributed by atoms with Gasteiger partial charge in [0, 0.05) is 6.54 Å². The topological polar surface area (TPSA) is 46.2 Å². The highest BCUT2D eigenvalue weighted by molar-refractivity contribution is 5.01. The Labute approximate surface area is 107 Å². The second kappa shape index (κ2) is 4.37. The SMILES string of the molecule is CC1(C)CC(C(O)(CN)C(F)(F)F)CC(C)(C)C1. The van der Waals surface area contributed by atoms with Gasteiger partial charge in [-0.05, 0) is 36.0 Å². The molecule has 0 saturated heterocycles. The Balaban J connectivity index is 3.07. The lowest BCUT2D eigenvalue weighted by Crippen LogP contribution is -2.59. The summed E-state index contributed by atoms with van der Waals surface area (Å²) in [5.41, 5.74) is 2.05. The normalized spacial score (nSPS) is 27.8. The molecule has 0 heterocycles. The zero-order chi connectivity index (χ0) is 14.4. The number of hydrogen-bond acceptors (Lipinski definition) is 2. The van der Waals surface area contributed by atoms with Gasteiger partial charge in [0.25, 0.3) is 0 Å². The van der Waals surface area contributed by atoms with Crippen LogP contribution in [-0.2, 0) is 0 Å². The van der Waals surface area contributed by atoms with Gasteiger partial charge in [-0.25, -0.2) is 0 Å². The molecule has 0 amide bonds. The van der Waals surface area contributed by atoms with Crippen molar-refractivity contribution in [1.82, 2.24) is 0 Å². The van der Waals surface area contributed by atoms with Crippen LogP contribution in [-0.4, -0.2) is 23.4 Å². The highest BCUT2D eigenvalue weighted by Gasteiger charge is 2.60. The lowest BCUT2D eigenvalue weighted by Gasteiger charge is -2.50. The number of nitrogens with two attached hydrogens (primary N) is 1. The molecule has 1 aliphatic rings. The minimum Gasteiger partial charge on any atom is -0.379 e. The van der Waals surface area contributed by atoms with E-state index in [9.17, 15) is 18.3 Å². The minimum absolute atomic E-state index is 0.208. The van der Waals surface area contributed by atoms with Gasteiger partial charge in [0.2, 0.25) is 0 Å². The predicted molar refractivity (Wildman–Crippen MR) is 65.0 cm³/mol. The molecule has 0 aliphatic heterocycles. The molecule has 0 aromatic heterocycles. The smallest absolute Gasteiger partial charge is 0.379 e. The summed E-state index contributed by atoms with van der Waals surface area (Å²) in [7, 11) is 0. The summed E-state index contributed by atoms with van der Waals surface area (Å²) in [5.74, 6) is -0.832. The van der Waals surface area contributed by atoms with Crippen LogP contribution < -0.4 is 5.73 Å². The lowest BCUT2D eigenvalue weighted by atomic mass is 9.58. The van der Waals surface area contributed by atoms with Crippen LogP contribution in [0.1, 0.15) is 47.0 Å². The van der Waals surface area contributed by atoms with Gasteiger partial charge in [-0.3, -0.25) is 0 Å². The number of hydrogen-bond donors (Lipinski definition) is 2. The zero-order valence-corrected chi connectivity index (χ0v) is 11.6. The average molecular weight is 267 g/mol. The molecule has 2 nitrogen and oxygen atoms in total. The molecule has 1 fully saturated rings. The largest absolute Gasteiger partial charge is 0.418 e. The Morgan fingerprint density at radius 3 is 1.78 bits per heavy atom. The first-order valence-corrected chi connectivity index (χ1v) is 6.32. The number of aliphatic hydroxyl groups is 1. The van der Waals surface area contributed by atoms with Crippen LogP contribution in [0.3, 0.4) is 0 Å². The van der Waals surface area contributed by atoms with Gasteiger partial charge in [-0.2, -0.15) is 13.2 Å². The first-order chi connectivity index (χ1) is 7.83. The van der Waals surface area contributed by atoms with E-state index < -0.39 is 24.2 Å². The van der Waals surface area contributed by atoms with Crippen LogP contribution in [0.5, 0.6) is 0 Å². The van der Waals surface area contributed by atoms with Gasteiger partial charge in [0.15, 0.2) is 5.60 Å². The molecule has 1 unspecified atom stereocenters. The van der Waals surface area contributed by atoms with Gasteiger partial charge >= 0.3 is 6.18 Å². The van der Waals surface area contributed by atoms with Crippen molar-refractivity contribution in [2.45, 2.75) is 58.7 Å². The summed E-state index contributed by atoms with van der Waals surface area (Å²) in [6.07, 6.45) is -3.11. The Morgan fingerprint density at radius 2 is 1.50 bits per heavy atom. The van der Waals surface area contributed by atoms with Gasteiger partial charge in [0.05, 0.1) is 0 Å². The molecule has 1 saturated carbocycles. The van der Waals surface area contributed by atoms with Crippen LogP contribution >= 0.6 is 0 Å². The van der Waals surface area contributed by atoms with E-state index in [0.717, 1.165) is 6.42 Å². The lowest BCUT2D eigenvalue weighted by molar-refractivity contribution is -0.284. The highest BCUT2D eigenvalue weighted by Crippen LogP contribution is 2.53. The fraction of sp³-hybridized carbons (Fsp3) is 1.00. The van der Waals surface area contributed by atoms with Crippen LogP contribution in [0.25, 0.3) is 0 Å². The van der Waals surface area contributed by atoms with E-state index in [1.54, 1.807) is 0 Å². The standard InChI is InChI=1S/C13H24F3NO/c1-10(2)5-9(6-11(3,4)7-10)12(18,8-17)13(14,15)16/h9,18H,5-8,17H2,1-4H3. The molecule has 1 rings (SSSR count). The maximum absolute atomic E-state index is 13.1. The molecule has 0 bridgehead atoms. The summed E-state index contributed by atoms with van der Waals surface area (Å²) >= 11 is 0. The maximum Gasteiger partial charge on any atom is 0.418 e. The molecular weight excluding hydrogens is 243 g/mol. The highest BCUT2D eigenvalue weighted by atomic mass is 19.4. The summed E-state index contributed by atoms with van der Waals surface area (Å²) in [5, 5.41) is 10.00. The fourth-order valence-corrected chi connectivity index (χ4v) is 3.70. The van der Waals surface area contributed by atoms with Crippen molar-refractivity contribution in [2.24, 2.45) is 22.5 Å². The van der Waals surface area contributed by atoms with Gasteiger partial charge < -0.3 is 10.8 Å². The van der Waals surface area contributed by atoms with Crippen molar-refractivity contribution >= 4 is 0 Å². The van der Waals surface area contributed by atoms with E-state index in [0.29, 0.717) is 12.8 Å². The van der Waals surface area contributed by atoms with Gasteiger partial charge in [-0.15, -0.1) is 0 Å². The molecular formula is C13H24F3NO. The number of rotatable bonds is 2. The molecule has 1 atom stereocenters. The monoisotopic (exact) mass is 267 g/mol. The third-order valence-electron chi connectivity index (χ3n) is 4.03. The van der Waals surface area contributed by atoms with Crippen molar-refractivity contribution in [3.63, 3.8) is 0 Å². The minimum atomic E-state index is -4.67. The van der Waals surface area contributed by atoms with Crippen molar-refractivity contribution in [1.29, 1.82) is 0 Å². The van der Waals surface area contributed by atoms with E-state index in [1.807, 2.05) is 27.7 Å². The molecule has 0 spiro atoms. The number of halogens is 3. The molecule has 0 radical (unpaired) electrons. The molecule has 3 N–H and O–H groups in total. The molecule has 1 aliphatic carbocycles. The van der Waals surface area contributed by atoms with Crippen LogP contribution in [0.15, 0.2) is 0 Å². The fourth-order valence-electron chi connectivity index (χ4n) is 3.70. The molecule has 108 valence electrons.